The molecule has 2 aromatic carbocycles. The fourth-order valence-electron chi connectivity index (χ4n) is 5.15. The van der Waals surface area contributed by atoms with Crippen molar-refractivity contribution in [3.05, 3.63) is 48.0 Å². The van der Waals surface area contributed by atoms with Gasteiger partial charge in [0.15, 0.2) is 0 Å². The maximum Gasteiger partial charge on any atom is 0.326 e. The highest BCUT2D eigenvalue weighted by Gasteiger charge is 2.25. The second-order valence-corrected chi connectivity index (χ2v) is 10.4. The van der Waals surface area contributed by atoms with Gasteiger partial charge in [0.25, 0.3) is 0 Å². The first-order valence-electron chi connectivity index (χ1n) is 14.6. The van der Waals surface area contributed by atoms with E-state index in [2.05, 4.69) is 15.6 Å². The number of hydrogen-bond donors (Lipinski definition) is 2. The van der Waals surface area contributed by atoms with Crippen molar-refractivity contribution >= 4 is 35.2 Å². The molecule has 1 aliphatic heterocycles. The van der Waals surface area contributed by atoms with Gasteiger partial charge in [-0.2, -0.15) is 0 Å². The number of fused-ring (bicyclic) bond motifs is 1. The lowest BCUT2D eigenvalue weighted by Crippen LogP contribution is -2.48. The van der Waals surface area contributed by atoms with Gasteiger partial charge in [0, 0.05) is 37.3 Å². The molecule has 1 saturated carbocycles. The minimum atomic E-state index is -0.500. The van der Waals surface area contributed by atoms with Crippen LogP contribution in [0, 0.1) is 0 Å². The predicted octanol–water partition coefficient (Wildman–Crippen LogP) is 4.83. The van der Waals surface area contributed by atoms with Crippen LogP contribution >= 0.6 is 0 Å². The summed E-state index contributed by atoms with van der Waals surface area (Å²) < 4.78 is 16.2. The first-order valence-corrected chi connectivity index (χ1v) is 14.6. The summed E-state index contributed by atoms with van der Waals surface area (Å²) in [5.74, 6) is 1.30. The number of benzene rings is 2. The predicted molar refractivity (Wildman–Crippen MR) is 160 cm³/mol. The van der Waals surface area contributed by atoms with Gasteiger partial charge in [-0.1, -0.05) is 19.3 Å². The van der Waals surface area contributed by atoms with Crippen LogP contribution in [-0.4, -0.2) is 73.6 Å². The van der Waals surface area contributed by atoms with Gasteiger partial charge in [-0.25, -0.2) is 9.79 Å². The SMILES string of the molecule is CCOC(=O)CN1Cc2cc(OCCCC(=O)N(C)C3CCCCC3)ccc2N=C1NC(=O)Nc1ccc(OC)cc1. The Morgan fingerprint density at radius 2 is 1.76 bits per heavy atom. The van der Waals surface area contributed by atoms with Gasteiger partial charge < -0.3 is 29.3 Å². The molecule has 0 aromatic heterocycles. The van der Waals surface area contributed by atoms with Crippen molar-refractivity contribution in [1.82, 2.24) is 15.1 Å². The highest BCUT2D eigenvalue weighted by Crippen LogP contribution is 2.30. The van der Waals surface area contributed by atoms with Crippen molar-refractivity contribution in [2.24, 2.45) is 4.99 Å². The molecule has 1 aliphatic carbocycles. The Morgan fingerprint density at radius 1 is 1.02 bits per heavy atom. The molecule has 0 atom stereocenters. The molecule has 0 radical (unpaired) electrons. The van der Waals surface area contributed by atoms with Crippen LogP contribution in [0.5, 0.6) is 11.5 Å². The van der Waals surface area contributed by atoms with E-state index in [0.717, 1.165) is 18.4 Å². The van der Waals surface area contributed by atoms with Gasteiger partial charge in [0.2, 0.25) is 11.9 Å². The lowest BCUT2D eigenvalue weighted by atomic mass is 9.94. The first kappa shape index (κ1) is 30.7. The van der Waals surface area contributed by atoms with Crippen LogP contribution in [-0.2, 0) is 20.9 Å². The summed E-state index contributed by atoms with van der Waals surface area (Å²) in [6.07, 6.45) is 6.90. The monoisotopic (exact) mass is 579 g/mol. The van der Waals surface area contributed by atoms with E-state index >= 15 is 0 Å². The molecule has 226 valence electrons. The number of urea groups is 1. The lowest BCUT2D eigenvalue weighted by Gasteiger charge is -2.31. The van der Waals surface area contributed by atoms with Gasteiger partial charge in [-0.05, 0) is 68.7 Å². The molecule has 2 aliphatic rings. The summed E-state index contributed by atoms with van der Waals surface area (Å²) in [6.45, 7) is 2.63. The Kier molecular flexibility index (Phi) is 11.0. The molecule has 11 heteroatoms. The number of ether oxygens (including phenoxy) is 3. The molecule has 42 heavy (non-hydrogen) atoms. The van der Waals surface area contributed by atoms with Crippen LogP contribution in [0.2, 0.25) is 0 Å². The number of rotatable bonds is 11. The zero-order valence-electron chi connectivity index (χ0n) is 24.7. The van der Waals surface area contributed by atoms with Gasteiger partial charge in [0.1, 0.15) is 18.0 Å². The number of aliphatic imine (C=N–C) groups is 1. The molecule has 11 nitrogen and oxygen atoms in total. The van der Waals surface area contributed by atoms with Crippen LogP contribution in [0.25, 0.3) is 0 Å². The smallest absolute Gasteiger partial charge is 0.326 e. The van der Waals surface area contributed by atoms with Crippen LogP contribution < -0.4 is 20.1 Å². The number of methoxy groups -OCH3 is 1. The van der Waals surface area contributed by atoms with E-state index in [1.807, 2.05) is 30.1 Å². The number of anilines is 1. The number of guanidine groups is 1. The normalized spacial score (nSPS) is 14.7. The number of hydrogen-bond acceptors (Lipinski definition) is 8. The third-order valence-corrected chi connectivity index (χ3v) is 7.46. The van der Waals surface area contributed by atoms with Crippen molar-refractivity contribution in [2.75, 3.05) is 39.2 Å². The third-order valence-electron chi connectivity index (χ3n) is 7.46. The lowest BCUT2D eigenvalue weighted by molar-refractivity contribution is -0.143. The summed E-state index contributed by atoms with van der Waals surface area (Å²) in [7, 11) is 3.49. The van der Waals surface area contributed by atoms with Crippen LogP contribution in [0.4, 0.5) is 16.2 Å². The van der Waals surface area contributed by atoms with E-state index in [1.54, 1.807) is 43.2 Å². The molecular weight excluding hydrogens is 538 g/mol. The largest absolute Gasteiger partial charge is 0.497 e. The fourth-order valence-corrected chi connectivity index (χ4v) is 5.15. The molecule has 0 saturated heterocycles. The third kappa shape index (κ3) is 8.61. The number of nitrogens with zero attached hydrogens (tertiary/aromatic N) is 3. The first-order chi connectivity index (χ1) is 20.4. The number of amides is 3. The molecule has 0 bridgehead atoms. The minimum Gasteiger partial charge on any atom is -0.497 e. The number of esters is 1. The molecule has 1 heterocycles. The number of nitrogens with one attached hydrogen (secondary N) is 2. The Labute approximate surface area is 247 Å². The highest BCUT2D eigenvalue weighted by molar-refractivity contribution is 6.04. The minimum absolute atomic E-state index is 0.0867. The van der Waals surface area contributed by atoms with Gasteiger partial charge >= 0.3 is 12.0 Å². The van der Waals surface area contributed by atoms with Gasteiger partial charge in [-0.3, -0.25) is 14.9 Å². The molecule has 0 spiro atoms. The topological polar surface area (TPSA) is 122 Å². The quantitative estimate of drug-likeness (QED) is 0.289. The van der Waals surface area contributed by atoms with Crippen LogP contribution in [0.3, 0.4) is 0 Å². The van der Waals surface area contributed by atoms with E-state index in [-0.39, 0.29) is 25.0 Å². The maximum atomic E-state index is 12.8. The van der Waals surface area contributed by atoms with Crippen molar-refractivity contribution in [2.45, 2.75) is 64.5 Å². The molecule has 3 amide bonds. The van der Waals surface area contributed by atoms with Crippen LogP contribution in [0.1, 0.15) is 57.4 Å². The molecular formula is C31H41N5O6. The molecule has 0 unspecified atom stereocenters. The summed E-state index contributed by atoms with van der Waals surface area (Å²) in [5, 5.41) is 5.51. The van der Waals surface area contributed by atoms with Crippen molar-refractivity contribution < 1.29 is 28.6 Å². The van der Waals surface area contributed by atoms with Crippen molar-refractivity contribution in [3.8, 4) is 11.5 Å². The Balaban J connectivity index is 1.36. The van der Waals surface area contributed by atoms with Gasteiger partial charge in [0.05, 0.1) is 26.0 Å². The Bertz CT molecular complexity index is 1260. The molecule has 4 rings (SSSR count). The Morgan fingerprint density at radius 3 is 2.48 bits per heavy atom. The fraction of sp³-hybridized carbons (Fsp3) is 0.484. The van der Waals surface area contributed by atoms with Crippen molar-refractivity contribution in [1.29, 1.82) is 0 Å². The number of carbonyl (C=O) groups is 3. The zero-order valence-corrected chi connectivity index (χ0v) is 24.7. The Hall–Kier alpha value is -4.28. The maximum absolute atomic E-state index is 12.8. The summed E-state index contributed by atoms with van der Waals surface area (Å²) in [6, 6.07) is 12.3. The van der Waals surface area contributed by atoms with E-state index in [1.165, 1.54) is 19.3 Å². The van der Waals surface area contributed by atoms with Crippen molar-refractivity contribution in [3.63, 3.8) is 0 Å². The highest BCUT2D eigenvalue weighted by atomic mass is 16.5. The van der Waals surface area contributed by atoms with E-state index in [9.17, 15) is 14.4 Å². The van der Waals surface area contributed by atoms with Crippen LogP contribution in [0.15, 0.2) is 47.5 Å². The summed E-state index contributed by atoms with van der Waals surface area (Å²) >= 11 is 0. The molecule has 2 N–H and O–H groups in total. The summed E-state index contributed by atoms with van der Waals surface area (Å²) in [5.41, 5.74) is 2.07. The second-order valence-electron chi connectivity index (χ2n) is 10.4. The standard InChI is InChI=1S/C31H41N5O6/c1-4-41-29(38)21-36-20-22-19-26(42-18-8-11-28(37)35(2)24-9-6-5-7-10-24)16-17-27(22)33-30(36)34-31(39)32-23-12-14-25(40-3)15-13-23/h12-17,19,24H,4-11,18,20-21H2,1-3H3,(H2,32,33,34,39). The average Bonchev–Trinajstić information content (AvgIpc) is 3.00. The molecule has 2 aromatic rings. The van der Waals surface area contributed by atoms with E-state index < -0.39 is 12.0 Å². The zero-order chi connectivity index (χ0) is 29.9. The van der Waals surface area contributed by atoms with E-state index in [4.69, 9.17) is 14.2 Å². The van der Waals surface area contributed by atoms with Gasteiger partial charge in [-0.15, -0.1) is 0 Å². The number of carbonyl (C=O) groups excluding carboxylic acids is 3. The van der Waals surface area contributed by atoms with E-state index in [0.29, 0.717) is 54.9 Å². The summed E-state index contributed by atoms with van der Waals surface area (Å²) in [4.78, 5) is 45.9. The molecule has 1 fully saturated rings. The average molecular weight is 580 g/mol. The second kappa shape index (κ2) is 15.1.